The second-order valence-electron chi connectivity index (χ2n) is 4.75. The van der Waals surface area contributed by atoms with Crippen molar-refractivity contribution < 1.29 is 9.59 Å². The Morgan fingerprint density at radius 2 is 1.87 bits per heavy atom. The lowest BCUT2D eigenvalue weighted by Gasteiger charge is -2.14. The number of ketones is 1. The number of carbonyl (C=O) groups is 2. The fourth-order valence-electron chi connectivity index (χ4n) is 1.60. The van der Waals surface area contributed by atoms with Crippen LogP contribution in [0.3, 0.4) is 0 Å². The lowest BCUT2D eigenvalue weighted by Crippen LogP contribution is -2.38. The van der Waals surface area contributed by atoms with E-state index in [1.54, 1.807) is 4.90 Å². The van der Waals surface area contributed by atoms with Crippen molar-refractivity contribution in [2.45, 2.75) is 31.7 Å². The fraction of sp³-hybridized carbons (Fsp3) is 0.818. The first kappa shape index (κ1) is 10.6. The SMILES string of the molecule is CN(CC(=O)NC1CC1)CC(=O)C1CC1. The van der Waals surface area contributed by atoms with Crippen LogP contribution in [0.1, 0.15) is 25.7 Å². The van der Waals surface area contributed by atoms with Gasteiger partial charge in [0.2, 0.25) is 5.91 Å². The van der Waals surface area contributed by atoms with Crippen LogP contribution in [0.4, 0.5) is 0 Å². The highest BCUT2D eigenvalue weighted by atomic mass is 16.2. The molecule has 2 rings (SSSR count). The Balaban J connectivity index is 1.63. The number of hydrogen-bond acceptors (Lipinski definition) is 3. The van der Waals surface area contributed by atoms with E-state index in [0.717, 1.165) is 25.7 Å². The van der Waals surface area contributed by atoms with Gasteiger partial charge in [0.05, 0.1) is 13.1 Å². The molecule has 2 saturated carbocycles. The third-order valence-electron chi connectivity index (χ3n) is 2.81. The molecule has 15 heavy (non-hydrogen) atoms. The third-order valence-corrected chi connectivity index (χ3v) is 2.81. The molecule has 0 spiro atoms. The van der Waals surface area contributed by atoms with Gasteiger partial charge < -0.3 is 5.32 Å². The van der Waals surface area contributed by atoms with Gasteiger partial charge in [0, 0.05) is 12.0 Å². The molecule has 0 aliphatic heterocycles. The number of nitrogens with zero attached hydrogens (tertiary/aromatic N) is 1. The second kappa shape index (κ2) is 4.31. The minimum atomic E-state index is 0.0450. The molecule has 2 aliphatic carbocycles. The van der Waals surface area contributed by atoms with Crippen LogP contribution < -0.4 is 5.32 Å². The third kappa shape index (κ3) is 3.63. The Hall–Kier alpha value is -0.900. The fourth-order valence-corrected chi connectivity index (χ4v) is 1.60. The Morgan fingerprint density at radius 3 is 2.40 bits per heavy atom. The van der Waals surface area contributed by atoms with Crippen LogP contribution in [0.2, 0.25) is 0 Å². The van der Waals surface area contributed by atoms with Crippen LogP contribution in [0, 0.1) is 5.92 Å². The standard InChI is InChI=1S/C11H18N2O2/c1-13(6-10(14)8-2-3-8)7-11(15)12-9-4-5-9/h8-9H,2-7H2,1H3,(H,12,15). The molecule has 2 aliphatic rings. The smallest absolute Gasteiger partial charge is 0.234 e. The van der Waals surface area contributed by atoms with Gasteiger partial charge in [-0.1, -0.05) is 0 Å². The van der Waals surface area contributed by atoms with Crippen molar-refractivity contribution >= 4 is 11.7 Å². The molecular formula is C11H18N2O2. The van der Waals surface area contributed by atoms with Gasteiger partial charge in [-0.05, 0) is 32.7 Å². The molecule has 2 fully saturated rings. The van der Waals surface area contributed by atoms with Crippen LogP contribution in [0.5, 0.6) is 0 Å². The van der Waals surface area contributed by atoms with E-state index in [1.807, 2.05) is 7.05 Å². The molecule has 0 heterocycles. The van der Waals surface area contributed by atoms with Gasteiger partial charge in [-0.15, -0.1) is 0 Å². The molecule has 0 aromatic rings. The van der Waals surface area contributed by atoms with E-state index in [2.05, 4.69) is 5.32 Å². The minimum Gasteiger partial charge on any atom is -0.352 e. The highest BCUT2D eigenvalue weighted by Gasteiger charge is 2.30. The maximum atomic E-state index is 11.5. The summed E-state index contributed by atoms with van der Waals surface area (Å²) in [4.78, 5) is 24.7. The van der Waals surface area contributed by atoms with Gasteiger partial charge in [-0.25, -0.2) is 0 Å². The lowest BCUT2D eigenvalue weighted by atomic mass is 10.2. The van der Waals surface area contributed by atoms with E-state index in [-0.39, 0.29) is 11.7 Å². The van der Waals surface area contributed by atoms with Gasteiger partial charge in [0.15, 0.2) is 0 Å². The molecule has 1 N–H and O–H groups in total. The zero-order chi connectivity index (χ0) is 10.8. The summed E-state index contributed by atoms with van der Waals surface area (Å²) in [7, 11) is 1.83. The topological polar surface area (TPSA) is 49.4 Å². The van der Waals surface area contributed by atoms with Crippen LogP contribution in [-0.2, 0) is 9.59 Å². The first-order valence-electron chi connectivity index (χ1n) is 5.66. The predicted octanol–water partition coefficient (Wildman–Crippen LogP) is 0.176. The summed E-state index contributed by atoms with van der Waals surface area (Å²) in [6.45, 7) is 0.762. The largest absolute Gasteiger partial charge is 0.352 e. The predicted molar refractivity (Wildman–Crippen MR) is 56.4 cm³/mol. The van der Waals surface area contributed by atoms with Crippen LogP contribution in [0.25, 0.3) is 0 Å². The van der Waals surface area contributed by atoms with E-state index in [1.165, 1.54) is 0 Å². The monoisotopic (exact) mass is 210 g/mol. The van der Waals surface area contributed by atoms with Crippen LogP contribution in [-0.4, -0.2) is 42.8 Å². The minimum absolute atomic E-state index is 0.0450. The van der Waals surface area contributed by atoms with Crippen molar-refractivity contribution in [3.63, 3.8) is 0 Å². The summed E-state index contributed by atoms with van der Waals surface area (Å²) in [5, 5.41) is 2.91. The lowest BCUT2D eigenvalue weighted by molar-refractivity contribution is -0.124. The molecule has 84 valence electrons. The Kier molecular flexibility index (Phi) is 3.05. The maximum Gasteiger partial charge on any atom is 0.234 e. The molecule has 0 atom stereocenters. The highest BCUT2D eigenvalue weighted by molar-refractivity contribution is 5.86. The molecule has 0 bridgehead atoms. The quantitative estimate of drug-likeness (QED) is 0.680. The van der Waals surface area contributed by atoms with Gasteiger partial charge >= 0.3 is 0 Å². The average molecular weight is 210 g/mol. The maximum absolute atomic E-state index is 11.5. The zero-order valence-electron chi connectivity index (χ0n) is 9.16. The number of amides is 1. The van der Waals surface area contributed by atoms with Crippen molar-refractivity contribution in [1.29, 1.82) is 0 Å². The summed E-state index contributed by atoms with van der Waals surface area (Å²) >= 11 is 0. The van der Waals surface area contributed by atoms with Crippen LogP contribution in [0.15, 0.2) is 0 Å². The molecule has 0 aromatic carbocycles. The molecule has 0 radical (unpaired) electrons. The molecule has 4 heteroatoms. The first-order valence-corrected chi connectivity index (χ1v) is 5.66. The van der Waals surface area contributed by atoms with Crippen molar-refractivity contribution in [3.8, 4) is 0 Å². The van der Waals surface area contributed by atoms with Crippen molar-refractivity contribution in [3.05, 3.63) is 0 Å². The van der Waals surface area contributed by atoms with Gasteiger partial charge in [-0.2, -0.15) is 0 Å². The summed E-state index contributed by atoms with van der Waals surface area (Å²) in [5.41, 5.74) is 0. The van der Waals surface area contributed by atoms with Gasteiger partial charge in [-0.3, -0.25) is 14.5 Å². The summed E-state index contributed by atoms with van der Waals surface area (Å²) in [6, 6.07) is 0.407. The van der Waals surface area contributed by atoms with Crippen molar-refractivity contribution in [1.82, 2.24) is 10.2 Å². The summed E-state index contributed by atoms with van der Waals surface area (Å²) < 4.78 is 0. The summed E-state index contributed by atoms with van der Waals surface area (Å²) in [5.74, 6) is 0.624. The normalized spacial score (nSPS) is 20.4. The molecule has 1 amide bonds. The first-order chi connectivity index (χ1) is 7.15. The number of likely N-dealkylation sites (N-methyl/N-ethyl adjacent to an activating group) is 1. The van der Waals surface area contributed by atoms with Crippen molar-refractivity contribution in [2.75, 3.05) is 20.1 Å². The Labute approximate surface area is 90.0 Å². The van der Waals surface area contributed by atoms with E-state index in [0.29, 0.717) is 25.0 Å². The Bertz CT molecular complexity index is 270. The molecular weight excluding hydrogens is 192 g/mol. The molecule has 0 saturated heterocycles. The van der Waals surface area contributed by atoms with Gasteiger partial charge in [0.25, 0.3) is 0 Å². The molecule has 4 nitrogen and oxygen atoms in total. The highest BCUT2D eigenvalue weighted by Crippen LogP contribution is 2.29. The number of hydrogen-bond donors (Lipinski definition) is 1. The van der Waals surface area contributed by atoms with E-state index in [9.17, 15) is 9.59 Å². The average Bonchev–Trinajstić information content (AvgIpc) is 2.99. The van der Waals surface area contributed by atoms with Gasteiger partial charge in [0.1, 0.15) is 5.78 Å². The number of nitrogens with one attached hydrogen (secondary N) is 1. The summed E-state index contributed by atoms with van der Waals surface area (Å²) in [6.07, 6.45) is 4.30. The van der Waals surface area contributed by atoms with Crippen molar-refractivity contribution in [2.24, 2.45) is 5.92 Å². The van der Waals surface area contributed by atoms with E-state index >= 15 is 0 Å². The van der Waals surface area contributed by atoms with E-state index in [4.69, 9.17) is 0 Å². The second-order valence-corrected chi connectivity index (χ2v) is 4.75. The van der Waals surface area contributed by atoms with E-state index < -0.39 is 0 Å². The number of Topliss-reactive ketones (excluding diaryl/α,β-unsaturated/α-hetero) is 1. The number of rotatable bonds is 6. The van der Waals surface area contributed by atoms with Crippen LogP contribution >= 0.6 is 0 Å². The molecule has 0 unspecified atom stereocenters. The zero-order valence-corrected chi connectivity index (χ0v) is 9.16. The number of carbonyl (C=O) groups excluding carboxylic acids is 2. The Morgan fingerprint density at radius 1 is 1.20 bits per heavy atom. The molecule has 0 aromatic heterocycles.